The Morgan fingerprint density at radius 3 is 2.17 bits per heavy atom. The second kappa shape index (κ2) is 4.91. The molecule has 0 aliphatic carbocycles. The van der Waals surface area contributed by atoms with E-state index in [0.717, 1.165) is 11.3 Å². The highest BCUT2D eigenvalue weighted by Crippen LogP contribution is 2.28. The molecule has 0 saturated carbocycles. The molecule has 0 saturated heterocycles. The van der Waals surface area contributed by atoms with Crippen LogP contribution < -0.4 is 15.2 Å². The van der Waals surface area contributed by atoms with Crippen LogP contribution in [0.4, 0.5) is 0 Å². The minimum absolute atomic E-state index is 0.369. The van der Waals surface area contributed by atoms with Gasteiger partial charge in [-0.05, 0) is 25.1 Å². The van der Waals surface area contributed by atoms with E-state index in [2.05, 4.69) is 9.97 Å². The van der Waals surface area contributed by atoms with Gasteiger partial charge in [0.05, 0.1) is 19.9 Å². The number of hydrogen-bond donors (Lipinski definition) is 1. The van der Waals surface area contributed by atoms with Gasteiger partial charge in [-0.1, -0.05) is 0 Å². The van der Waals surface area contributed by atoms with Crippen LogP contribution in [-0.4, -0.2) is 24.2 Å². The van der Waals surface area contributed by atoms with Crippen molar-refractivity contribution in [2.75, 3.05) is 14.2 Å². The molecule has 0 spiro atoms. The van der Waals surface area contributed by atoms with E-state index in [0.29, 0.717) is 17.2 Å². The summed E-state index contributed by atoms with van der Waals surface area (Å²) >= 11 is 0. The van der Waals surface area contributed by atoms with Gasteiger partial charge in [0.15, 0.2) is 0 Å². The molecule has 2 aromatic rings. The number of benzene rings is 1. The van der Waals surface area contributed by atoms with Crippen molar-refractivity contribution in [3.05, 3.63) is 40.4 Å². The average Bonchev–Trinajstić information content (AvgIpc) is 2.37. The van der Waals surface area contributed by atoms with E-state index >= 15 is 0 Å². The normalized spacial score (nSPS) is 10.2. The average molecular weight is 246 g/mol. The number of nitrogens with zero attached hydrogens (tertiary/aromatic N) is 1. The maximum absolute atomic E-state index is 11.4. The maximum Gasteiger partial charge on any atom is 0.345 e. The third kappa shape index (κ3) is 2.51. The summed E-state index contributed by atoms with van der Waals surface area (Å²) in [7, 11) is 3.16. The maximum atomic E-state index is 11.4. The van der Waals surface area contributed by atoms with Crippen molar-refractivity contribution in [1.29, 1.82) is 0 Å². The Hall–Kier alpha value is -2.30. The van der Waals surface area contributed by atoms with Crippen LogP contribution >= 0.6 is 0 Å². The molecule has 18 heavy (non-hydrogen) atoms. The first-order valence-corrected chi connectivity index (χ1v) is 5.44. The molecule has 1 heterocycles. The zero-order valence-corrected chi connectivity index (χ0v) is 10.5. The van der Waals surface area contributed by atoms with E-state index in [4.69, 9.17) is 9.47 Å². The summed E-state index contributed by atoms with van der Waals surface area (Å²) in [5.41, 5.74) is 1.76. The Kier molecular flexibility index (Phi) is 3.32. The molecule has 0 atom stereocenters. The smallest absolute Gasteiger partial charge is 0.345 e. The van der Waals surface area contributed by atoms with Crippen molar-refractivity contribution in [1.82, 2.24) is 9.97 Å². The summed E-state index contributed by atoms with van der Waals surface area (Å²) < 4.78 is 10.4. The van der Waals surface area contributed by atoms with Gasteiger partial charge in [-0.3, -0.25) is 0 Å². The van der Waals surface area contributed by atoms with E-state index < -0.39 is 0 Å². The van der Waals surface area contributed by atoms with Gasteiger partial charge in [0, 0.05) is 17.3 Å². The number of ether oxygens (including phenoxy) is 2. The highest BCUT2D eigenvalue weighted by Gasteiger charge is 2.06. The molecular formula is C13H14N2O3. The minimum atomic E-state index is -0.369. The Bertz CT molecular complexity index is 598. The Balaban J connectivity index is 2.58. The largest absolute Gasteiger partial charge is 0.497 e. The lowest BCUT2D eigenvalue weighted by atomic mass is 10.1. The fourth-order valence-electron chi connectivity index (χ4n) is 1.68. The molecule has 5 heteroatoms. The van der Waals surface area contributed by atoms with Crippen molar-refractivity contribution >= 4 is 0 Å². The molecule has 0 unspecified atom stereocenters. The highest BCUT2D eigenvalue weighted by molar-refractivity contribution is 5.63. The van der Waals surface area contributed by atoms with E-state index in [1.54, 1.807) is 26.4 Å². The summed E-state index contributed by atoms with van der Waals surface area (Å²) in [6.07, 6.45) is 0. The molecule has 0 radical (unpaired) electrons. The summed E-state index contributed by atoms with van der Waals surface area (Å²) in [5, 5.41) is 0. The first-order chi connectivity index (χ1) is 8.62. The van der Waals surface area contributed by atoms with E-state index in [9.17, 15) is 4.79 Å². The van der Waals surface area contributed by atoms with Gasteiger partial charge in [0.2, 0.25) is 0 Å². The molecule has 94 valence electrons. The Labute approximate surface area is 104 Å². The molecule has 0 bridgehead atoms. The highest BCUT2D eigenvalue weighted by atomic mass is 16.5. The van der Waals surface area contributed by atoms with Crippen LogP contribution in [0.2, 0.25) is 0 Å². The first-order valence-electron chi connectivity index (χ1n) is 5.44. The number of rotatable bonds is 3. The van der Waals surface area contributed by atoms with Crippen molar-refractivity contribution in [2.45, 2.75) is 6.92 Å². The standard InChI is InChI=1S/C13H14N2O3/c1-8-4-12(15-13(16)14-8)9-5-10(17-2)7-11(6-9)18-3/h4-7H,1-3H3,(H,14,15,16). The number of nitrogens with one attached hydrogen (secondary N) is 1. The lowest BCUT2D eigenvalue weighted by molar-refractivity contribution is 0.394. The predicted octanol–water partition coefficient (Wildman–Crippen LogP) is 1.76. The van der Waals surface area contributed by atoms with Gasteiger partial charge in [0.25, 0.3) is 0 Å². The van der Waals surface area contributed by atoms with Crippen LogP contribution in [0.15, 0.2) is 29.1 Å². The van der Waals surface area contributed by atoms with E-state index in [-0.39, 0.29) is 5.69 Å². The fraction of sp³-hybridized carbons (Fsp3) is 0.231. The summed E-state index contributed by atoms with van der Waals surface area (Å²) in [5.74, 6) is 1.31. The molecule has 2 rings (SSSR count). The molecule has 1 N–H and O–H groups in total. The van der Waals surface area contributed by atoms with Crippen LogP contribution in [-0.2, 0) is 0 Å². The van der Waals surface area contributed by atoms with Crippen LogP contribution in [0.3, 0.4) is 0 Å². The number of hydrogen-bond acceptors (Lipinski definition) is 4. The monoisotopic (exact) mass is 246 g/mol. The molecule has 1 aromatic carbocycles. The zero-order chi connectivity index (χ0) is 13.1. The summed E-state index contributed by atoms with van der Waals surface area (Å²) in [4.78, 5) is 17.9. The van der Waals surface area contributed by atoms with Gasteiger partial charge < -0.3 is 14.5 Å². The minimum Gasteiger partial charge on any atom is -0.497 e. The third-order valence-corrected chi connectivity index (χ3v) is 2.53. The molecule has 0 fully saturated rings. The Morgan fingerprint density at radius 2 is 1.67 bits per heavy atom. The lowest BCUT2D eigenvalue weighted by Crippen LogP contribution is -2.11. The first kappa shape index (κ1) is 12.2. The number of aryl methyl sites for hydroxylation is 1. The third-order valence-electron chi connectivity index (χ3n) is 2.53. The van der Waals surface area contributed by atoms with Crippen LogP contribution in [0.5, 0.6) is 11.5 Å². The van der Waals surface area contributed by atoms with Crippen molar-refractivity contribution in [2.24, 2.45) is 0 Å². The van der Waals surface area contributed by atoms with Crippen LogP contribution in [0.1, 0.15) is 5.69 Å². The molecule has 1 aromatic heterocycles. The second-order valence-corrected chi connectivity index (χ2v) is 3.86. The van der Waals surface area contributed by atoms with Gasteiger partial charge in [-0.15, -0.1) is 0 Å². The van der Waals surface area contributed by atoms with Crippen LogP contribution in [0, 0.1) is 6.92 Å². The van der Waals surface area contributed by atoms with Crippen molar-refractivity contribution in [3.8, 4) is 22.8 Å². The topological polar surface area (TPSA) is 64.2 Å². The quantitative estimate of drug-likeness (QED) is 0.896. The van der Waals surface area contributed by atoms with E-state index in [1.807, 2.05) is 19.1 Å². The van der Waals surface area contributed by atoms with Gasteiger partial charge in [-0.2, -0.15) is 4.98 Å². The lowest BCUT2D eigenvalue weighted by Gasteiger charge is -2.08. The molecule has 0 amide bonds. The predicted molar refractivity (Wildman–Crippen MR) is 68.1 cm³/mol. The number of aromatic nitrogens is 2. The van der Waals surface area contributed by atoms with Crippen LogP contribution in [0.25, 0.3) is 11.3 Å². The number of methoxy groups -OCH3 is 2. The SMILES string of the molecule is COc1cc(OC)cc(-c2cc(C)[nH]c(=O)n2)c1. The molecule has 0 aliphatic rings. The number of H-pyrrole nitrogens is 1. The van der Waals surface area contributed by atoms with Crippen molar-refractivity contribution < 1.29 is 9.47 Å². The zero-order valence-electron chi connectivity index (χ0n) is 10.5. The number of aromatic amines is 1. The van der Waals surface area contributed by atoms with E-state index in [1.165, 1.54) is 0 Å². The van der Waals surface area contributed by atoms with Gasteiger partial charge >= 0.3 is 5.69 Å². The summed E-state index contributed by atoms with van der Waals surface area (Å²) in [6.45, 7) is 1.81. The fourth-order valence-corrected chi connectivity index (χ4v) is 1.68. The summed E-state index contributed by atoms with van der Waals surface area (Å²) in [6, 6.07) is 7.19. The molecule has 5 nitrogen and oxygen atoms in total. The molecule has 0 aliphatic heterocycles. The van der Waals surface area contributed by atoms with Crippen molar-refractivity contribution in [3.63, 3.8) is 0 Å². The second-order valence-electron chi connectivity index (χ2n) is 3.86. The van der Waals surface area contributed by atoms with Gasteiger partial charge in [0.1, 0.15) is 11.5 Å². The molecular weight excluding hydrogens is 232 g/mol. The Morgan fingerprint density at radius 1 is 1.06 bits per heavy atom. The van der Waals surface area contributed by atoms with Gasteiger partial charge in [-0.25, -0.2) is 4.79 Å².